The number of aryl methyl sites for hydroxylation is 1. The number of nitrogens with two attached hydrogens (primary N) is 1. The molecule has 0 unspecified atom stereocenters. The van der Waals surface area contributed by atoms with Gasteiger partial charge in [-0.05, 0) is 37.5 Å². The number of nitrogens with zero attached hydrogens (tertiary/aromatic N) is 2. The smallest absolute Gasteiger partial charge is 0.258 e. The monoisotopic (exact) mass is 393 g/mol. The molecule has 0 saturated carbocycles. The van der Waals surface area contributed by atoms with E-state index in [0.717, 1.165) is 30.7 Å². The Morgan fingerprint density at radius 3 is 2.90 bits per heavy atom. The average molecular weight is 393 g/mol. The molecule has 0 bridgehead atoms. The number of methoxy groups -OCH3 is 1. The molecule has 7 nitrogen and oxygen atoms in total. The third kappa shape index (κ3) is 3.36. The third-order valence-electron chi connectivity index (χ3n) is 5.53. The van der Waals surface area contributed by atoms with Crippen LogP contribution in [0.15, 0.2) is 46.6 Å². The first-order chi connectivity index (χ1) is 14.0. The minimum absolute atomic E-state index is 0.0141. The highest BCUT2D eigenvalue weighted by Gasteiger charge is 2.35. The van der Waals surface area contributed by atoms with Crippen LogP contribution in [0.1, 0.15) is 35.6 Å². The zero-order chi connectivity index (χ0) is 20.5. The van der Waals surface area contributed by atoms with Crippen LogP contribution >= 0.6 is 0 Å². The average Bonchev–Trinajstić information content (AvgIpc) is 3.23. The number of allylic oxidation sites excluding steroid dienone is 1. The molecular weight excluding hydrogens is 370 g/mol. The summed E-state index contributed by atoms with van der Waals surface area (Å²) in [6.45, 7) is 3.06. The van der Waals surface area contributed by atoms with Crippen molar-refractivity contribution >= 4 is 0 Å². The molecule has 1 fully saturated rings. The van der Waals surface area contributed by atoms with Gasteiger partial charge in [-0.1, -0.05) is 12.1 Å². The Hall–Kier alpha value is -3.24. The van der Waals surface area contributed by atoms with Crippen LogP contribution in [-0.4, -0.2) is 24.4 Å². The van der Waals surface area contributed by atoms with Gasteiger partial charge >= 0.3 is 0 Å². The summed E-state index contributed by atoms with van der Waals surface area (Å²) in [4.78, 5) is 13.6. The molecule has 0 spiro atoms. The zero-order valence-corrected chi connectivity index (χ0v) is 16.5. The van der Waals surface area contributed by atoms with Crippen LogP contribution in [0.5, 0.6) is 11.5 Å². The lowest BCUT2D eigenvalue weighted by molar-refractivity contribution is 0.0955. The Morgan fingerprint density at radius 1 is 1.38 bits per heavy atom. The normalized spacial score (nSPS) is 20.7. The van der Waals surface area contributed by atoms with E-state index in [1.807, 2.05) is 31.2 Å². The maximum atomic E-state index is 13.6. The fraction of sp³-hybridized carbons (Fsp3) is 0.364. The van der Waals surface area contributed by atoms with Gasteiger partial charge in [-0.2, -0.15) is 5.26 Å². The molecule has 7 heteroatoms. The second-order valence-electron chi connectivity index (χ2n) is 7.32. The molecule has 1 aromatic heterocycles. The van der Waals surface area contributed by atoms with Gasteiger partial charge in [-0.25, -0.2) is 0 Å². The van der Waals surface area contributed by atoms with Crippen molar-refractivity contribution in [1.29, 1.82) is 5.26 Å². The lowest BCUT2D eigenvalue weighted by atomic mass is 9.84. The minimum Gasteiger partial charge on any atom is -0.497 e. The Balaban J connectivity index is 1.89. The van der Waals surface area contributed by atoms with E-state index in [2.05, 4.69) is 6.07 Å². The number of benzene rings is 1. The highest BCUT2D eigenvalue weighted by Crippen LogP contribution is 2.41. The van der Waals surface area contributed by atoms with E-state index in [1.165, 1.54) is 0 Å². The summed E-state index contributed by atoms with van der Waals surface area (Å²) in [5.74, 6) is 0.421. The number of pyridine rings is 1. The predicted octanol–water partition coefficient (Wildman–Crippen LogP) is 2.56. The molecule has 1 saturated heterocycles. The van der Waals surface area contributed by atoms with Gasteiger partial charge in [0.1, 0.15) is 23.1 Å². The summed E-state index contributed by atoms with van der Waals surface area (Å²) in [5.41, 5.74) is 8.00. The molecule has 0 aliphatic carbocycles. The van der Waals surface area contributed by atoms with E-state index >= 15 is 0 Å². The number of ether oxygens (including phenoxy) is 3. The SMILES string of the molecule is COc1cccc([C@@H]2C(C#N)=C(N)Oc3cc(C)n(C[C@H]4CCCO4)c(=O)c32)c1. The number of rotatable bonds is 4. The molecule has 2 N–H and O–H groups in total. The number of aromatic nitrogens is 1. The zero-order valence-electron chi connectivity index (χ0n) is 16.5. The Morgan fingerprint density at radius 2 is 2.21 bits per heavy atom. The lowest BCUT2D eigenvalue weighted by Gasteiger charge is -2.28. The van der Waals surface area contributed by atoms with Crippen LogP contribution in [0.25, 0.3) is 0 Å². The molecule has 2 aliphatic heterocycles. The van der Waals surface area contributed by atoms with Crippen LogP contribution < -0.4 is 20.8 Å². The van der Waals surface area contributed by atoms with Crippen molar-refractivity contribution in [2.24, 2.45) is 5.73 Å². The van der Waals surface area contributed by atoms with Crippen molar-refractivity contribution in [1.82, 2.24) is 4.57 Å². The minimum atomic E-state index is -0.623. The number of hydrogen-bond acceptors (Lipinski definition) is 6. The molecule has 2 aromatic rings. The van der Waals surface area contributed by atoms with Gasteiger partial charge < -0.3 is 24.5 Å². The van der Waals surface area contributed by atoms with E-state index in [0.29, 0.717) is 23.6 Å². The van der Waals surface area contributed by atoms with Gasteiger partial charge in [-0.15, -0.1) is 0 Å². The lowest BCUT2D eigenvalue weighted by Crippen LogP contribution is -2.35. The van der Waals surface area contributed by atoms with Crippen LogP contribution in [0, 0.1) is 18.3 Å². The van der Waals surface area contributed by atoms with Crippen LogP contribution in [0.4, 0.5) is 0 Å². The highest BCUT2D eigenvalue weighted by atomic mass is 16.5. The Bertz CT molecular complexity index is 1070. The van der Waals surface area contributed by atoms with Gasteiger partial charge in [0, 0.05) is 18.4 Å². The Kier molecular flexibility index (Phi) is 5.03. The molecule has 3 heterocycles. The summed E-state index contributed by atoms with van der Waals surface area (Å²) in [5, 5.41) is 9.76. The quantitative estimate of drug-likeness (QED) is 0.857. The highest BCUT2D eigenvalue weighted by molar-refractivity contribution is 5.56. The molecule has 0 radical (unpaired) electrons. The molecular formula is C22H23N3O4. The van der Waals surface area contributed by atoms with Crippen molar-refractivity contribution in [2.75, 3.05) is 13.7 Å². The van der Waals surface area contributed by atoms with Gasteiger partial charge in [-0.3, -0.25) is 4.79 Å². The van der Waals surface area contributed by atoms with Crippen LogP contribution in [0.2, 0.25) is 0 Å². The maximum absolute atomic E-state index is 13.6. The van der Waals surface area contributed by atoms with E-state index in [4.69, 9.17) is 19.9 Å². The van der Waals surface area contributed by atoms with Crippen molar-refractivity contribution in [2.45, 2.75) is 38.3 Å². The van der Waals surface area contributed by atoms with E-state index in [1.54, 1.807) is 17.7 Å². The molecule has 4 rings (SSSR count). The van der Waals surface area contributed by atoms with Crippen molar-refractivity contribution < 1.29 is 14.2 Å². The third-order valence-corrected chi connectivity index (χ3v) is 5.53. The number of hydrogen-bond donors (Lipinski definition) is 1. The summed E-state index contributed by atoms with van der Waals surface area (Å²) < 4.78 is 18.5. The fourth-order valence-corrected chi connectivity index (χ4v) is 4.06. The van der Waals surface area contributed by atoms with Crippen LogP contribution in [0.3, 0.4) is 0 Å². The second-order valence-corrected chi connectivity index (χ2v) is 7.32. The maximum Gasteiger partial charge on any atom is 0.258 e. The summed E-state index contributed by atoms with van der Waals surface area (Å²) in [7, 11) is 1.57. The van der Waals surface area contributed by atoms with E-state index in [9.17, 15) is 10.1 Å². The van der Waals surface area contributed by atoms with Gasteiger partial charge in [0.2, 0.25) is 5.88 Å². The van der Waals surface area contributed by atoms with Gasteiger partial charge in [0.05, 0.1) is 31.2 Å². The number of nitriles is 1. The first-order valence-electron chi connectivity index (χ1n) is 9.61. The van der Waals surface area contributed by atoms with Gasteiger partial charge in [0.15, 0.2) is 0 Å². The molecule has 29 heavy (non-hydrogen) atoms. The van der Waals surface area contributed by atoms with Gasteiger partial charge in [0.25, 0.3) is 5.56 Å². The summed E-state index contributed by atoms with van der Waals surface area (Å²) in [6.07, 6.45) is 1.94. The van der Waals surface area contributed by atoms with Crippen molar-refractivity contribution in [3.05, 3.63) is 69.0 Å². The fourth-order valence-electron chi connectivity index (χ4n) is 4.06. The standard InChI is InChI=1S/C22H23N3O4/c1-13-9-18-20(22(26)25(13)12-16-7-4-8-28-16)19(17(11-23)21(24)29-18)14-5-3-6-15(10-14)27-2/h3,5-6,9-10,16,19H,4,7-8,12,24H2,1-2H3/t16-,19-/m1/s1. The van der Waals surface area contributed by atoms with E-state index in [-0.39, 0.29) is 23.1 Å². The molecule has 1 aromatic carbocycles. The first-order valence-corrected chi connectivity index (χ1v) is 9.61. The molecule has 2 aliphatic rings. The second kappa shape index (κ2) is 7.64. The predicted molar refractivity (Wildman–Crippen MR) is 107 cm³/mol. The topological polar surface area (TPSA) is 99.5 Å². The van der Waals surface area contributed by atoms with E-state index < -0.39 is 5.92 Å². The van der Waals surface area contributed by atoms with Crippen LogP contribution in [-0.2, 0) is 11.3 Å². The summed E-state index contributed by atoms with van der Waals surface area (Å²) in [6, 6.07) is 11.2. The molecule has 2 atom stereocenters. The first kappa shape index (κ1) is 19.1. The number of fused-ring (bicyclic) bond motifs is 1. The largest absolute Gasteiger partial charge is 0.497 e. The molecule has 150 valence electrons. The van der Waals surface area contributed by atoms with Crippen molar-refractivity contribution in [3.8, 4) is 17.6 Å². The molecule has 0 amide bonds. The summed E-state index contributed by atoms with van der Waals surface area (Å²) >= 11 is 0. The van der Waals surface area contributed by atoms with Crippen molar-refractivity contribution in [3.63, 3.8) is 0 Å². The Labute approximate surface area is 168 Å².